The number of ether oxygens (including phenoxy) is 1. The number of aromatic amines is 1. The Bertz CT molecular complexity index is 1400. The largest absolute Gasteiger partial charge is 0.465 e. The molecule has 8 nitrogen and oxygen atoms in total. The third kappa shape index (κ3) is 4.03. The zero-order valence-electron chi connectivity index (χ0n) is 18.8. The van der Waals surface area contributed by atoms with Crippen LogP contribution in [-0.2, 0) is 24.2 Å². The van der Waals surface area contributed by atoms with Crippen molar-refractivity contribution in [2.45, 2.75) is 45.0 Å². The van der Waals surface area contributed by atoms with Crippen molar-refractivity contribution in [3.05, 3.63) is 70.5 Å². The van der Waals surface area contributed by atoms with Gasteiger partial charge >= 0.3 is 6.09 Å². The molecule has 1 amide bonds. The Balaban J connectivity index is 1.42. The van der Waals surface area contributed by atoms with Crippen molar-refractivity contribution in [2.24, 2.45) is 0 Å². The molecule has 0 radical (unpaired) electrons. The average molecular weight is 479 g/mol. The van der Waals surface area contributed by atoms with Crippen molar-refractivity contribution in [3.63, 3.8) is 0 Å². The fourth-order valence-corrected chi connectivity index (χ4v) is 4.94. The normalized spacial score (nSPS) is 17.8. The number of aromatic nitrogens is 4. The summed E-state index contributed by atoms with van der Waals surface area (Å²) in [6.45, 7) is 1.14. The summed E-state index contributed by atoms with van der Waals surface area (Å²) in [5, 5.41) is 15.0. The molecule has 35 heavy (non-hydrogen) atoms. The number of hydrogen-bond acceptors (Lipinski definition) is 4. The van der Waals surface area contributed by atoms with Gasteiger partial charge in [-0.25, -0.2) is 23.2 Å². The molecule has 0 spiro atoms. The number of rotatable bonds is 4. The number of hydrogen-bond donors (Lipinski definition) is 2. The van der Waals surface area contributed by atoms with Crippen LogP contribution in [-0.4, -0.2) is 42.5 Å². The summed E-state index contributed by atoms with van der Waals surface area (Å²) in [6, 6.07) is 9.38. The van der Waals surface area contributed by atoms with Gasteiger partial charge in [-0.2, -0.15) is 5.10 Å². The molecular formula is C25H23F2N5O3. The molecule has 1 unspecified atom stereocenters. The van der Waals surface area contributed by atoms with E-state index < -0.39 is 17.7 Å². The summed E-state index contributed by atoms with van der Waals surface area (Å²) in [5.74, 6) is -0.650. The highest BCUT2D eigenvalue weighted by Gasteiger charge is 2.29. The lowest BCUT2D eigenvalue weighted by molar-refractivity contribution is -0.0365. The number of carbonyl (C=O) groups is 1. The Morgan fingerprint density at radius 3 is 2.66 bits per heavy atom. The van der Waals surface area contributed by atoms with Crippen LogP contribution in [0.2, 0.25) is 0 Å². The highest BCUT2D eigenvalue weighted by Crippen LogP contribution is 2.34. The number of halogens is 2. The molecule has 4 heterocycles. The molecule has 0 saturated carbocycles. The van der Waals surface area contributed by atoms with Crippen molar-refractivity contribution in [1.82, 2.24) is 24.6 Å². The van der Waals surface area contributed by atoms with Crippen molar-refractivity contribution >= 4 is 17.0 Å². The van der Waals surface area contributed by atoms with E-state index >= 15 is 0 Å². The molecule has 10 heteroatoms. The first-order valence-electron chi connectivity index (χ1n) is 11.6. The second kappa shape index (κ2) is 8.46. The number of nitrogens with zero attached hydrogens (tertiary/aromatic N) is 4. The summed E-state index contributed by atoms with van der Waals surface area (Å²) in [4.78, 5) is 20.5. The van der Waals surface area contributed by atoms with E-state index in [1.165, 1.54) is 17.0 Å². The van der Waals surface area contributed by atoms with E-state index in [0.717, 1.165) is 47.5 Å². The van der Waals surface area contributed by atoms with Gasteiger partial charge in [0.25, 0.3) is 0 Å². The van der Waals surface area contributed by atoms with Gasteiger partial charge in [0.2, 0.25) is 0 Å². The molecular weight excluding hydrogens is 456 g/mol. The van der Waals surface area contributed by atoms with E-state index in [1.807, 2.05) is 22.9 Å². The second-order valence-electron chi connectivity index (χ2n) is 9.07. The van der Waals surface area contributed by atoms with E-state index in [0.29, 0.717) is 35.8 Å². The predicted molar refractivity (Wildman–Crippen MR) is 123 cm³/mol. The maximum Gasteiger partial charge on any atom is 0.408 e. The standard InChI is InChI=1S/C25H23F2N5O3/c26-16-8-15(9-17(27)11-16)7-14-4-5-21-18(10-14)23(30-32(21)22-3-1-2-6-35-22)24-28-19-12-31(25(33)34)13-20(19)29-24/h4-5,8-11,22H,1-3,6-7,12-13H2,(H,28,29)(H,33,34). The molecule has 4 aromatic rings. The SMILES string of the molecule is O=C(O)N1Cc2nc(-c3nn(C4CCCCO4)c4ccc(Cc5cc(F)cc(F)c5)cc34)[nH]c2C1. The average Bonchev–Trinajstić information content (AvgIpc) is 3.50. The Morgan fingerprint density at radius 1 is 1.11 bits per heavy atom. The first kappa shape index (κ1) is 21.7. The molecule has 2 N–H and O–H groups in total. The molecule has 0 aliphatic carbocycles. The van der Waals surface area contributed by atoms with Crippen LogP contribution in [0.5, 0.6) is 0 Å². The summed E-state index contributed by atoms with van der Waals surface area (Å²) in [7, 11) is 0. The highest BCUT2D eigenvalue weighted by atomic mass is 19.1. The molecule has 2 aliphatic heterocycles. The van der Waals surface area contributed by atoms with E-state index in [9.17, 15) is 18.7 Å². The zero-order valence-corrected chi connectivity index (χ0v) is 18.8. The number of benzene rings is 2. The third-order valence-corrected chi connectivity index (χ3v) is 6.58. The maximum absolute atomic E-state index is 13.7. The topological polar surface area (TPSA) is 96.3 Å². The lowest BCUT2D eigenvalue weighted by atomic mass is 10.0. The fraction of sp³-hybridized carbons (Fsp3) is 0.320. The van der Waals surface area contributed by atoms with Gasteiger partial charge < -0.3 is 14.8 Å². The van der Waals surface area contributed by atoms with Crippen LogP contribution in [0.4, 0.5) is 13.6 Å². The lowest BCUT2D eigenvalue weighted by Crippen LogP contribution is -2.23. The minimum atomic E-state index is -0.986. The lowest BCUT2D eigenvalue weighted by Gasteiger charge is -2.23. The minimum absolute atomic E-state index is 0.188. The number of imidazole rings is 1. The van der Waals surface area contributed by atoms with Gasteiger partial charge in [-0.05, 0) is 61.1 Å². The highest BCUT2D eigenvalue weighted by molar-refractivity contribution is 5.92. The number of carboxylic acid groups (broad SMARTS) is 1. The van der Waals surface area contributed by atoms with Crippen molar-refractivity contribution in [3.8, 4) is 11.5 Å². The van der Waals surface area contributed by atoms with Gasteiger partial charge in [0, 0.05) is 18.1 Å². The van der Waals surface area contributed by atoms with Crippen LogP contribution in [0.1, 0.15) is 48.0 Å². The molecule has 0 bridgehead atoms. The first-order valence-corrected chi connectivity index (χ1v) is 11.6. The summed E-state index contributed by atoms with van der Waals surface area (Å²) in [6.07, 6.45) is 2.10. The Morgan fingerprint density at radius 2 is 1.94 bits per heavy atom. The van der Waals surface area contributed by atoms with Crippen molar-refractivity contribution in [1.29, 1.82) is 0 Å². The van der Waals surface area contributed by atoms with E-state index in [1.54, 1.807) is 0 Å². The number of H-pyrrole nitrogens is 1. The molecule has 6 rings (SSSR count). The number of fused-ring (bicyclic) bond motifs is 2. The quantitative estimate of drug-likeness (QED) is 0.430. The summed E-state index contributed by atoms with van der Waals surface area (Å²) < 4.78 is 35.3. The maximum atomic E-state index is 13.7. The van der Waals surface area contributed by atoms with Crippen LogP contribution in [0.25, 0.3) is 22.4 Å². The third-order valence-electron chi connectivity index (χ3n) is 6.58. The molecule has 2 aromatic heterocycles. The second-order valence-corrected chi connectivity index (χ2v) is 9.07. The Hall–Kier alpha value is -3.79. The zero-order chi connectivity index (χ0) is 24.1. The van der Waals surface area contributed by atoms with Gasteiger partial charge in [0.15, 0.2) is 12.1 Å². The van der Waals surface area contributed by atoms with Gasteiger partial charge in [0.05, 0.1) is 30.0 Å². The van der Waals surface area contributed by atoms with Crippen LogP contribution >= 0.6 is 0 Å². The van der Waals surface area contributed by atoms with Crippen molar-refractivity contribution < 1.29 is 23.4 Å². The monoisotopic (exact) mass is 479 g/mol. The van der Waals surface area contributed by atoms with Crippen LogP contribution in [0.3, 0.4) is 0 Å². The Labute approximate surface area is 199 Å². The van der Waals surface area contributed by atoms with Crippen LogP contribution < -0.4 is 0 Å². The summed E-state index contributed by atoms with van der Waals surface area (Å²) in [5.41, 5.74) is 4.37. The fourth-order valence-electron chi connectivity index (χ4n) is 4.94. The molecule has 1 saturated heterocycles. The molecule has 1 atom stereocenters. The molecule has 2 aliphatic rings. The van der Waals surface area contributed by atoms with Crippen LogP contribution in [0, 0.1) is 11.6 Å². The Kier molecular flexibility index (Phi) is 5.25. The van der Waals surface area contributed by atoms with E-state index in [-0.39, 0.29) is 19.3 Å². The van der Waals surface area contributed by atoms with E-state index in [2.05, 4.69) is 9.97 Å². The van der Waals surface area contributed by atoms with Gasteiger partial charge in [-0.15, -0.1) is 0 Å². The molecule has 1 fully saturated rings. The van der Waals surface area contributed by atoms with Gasteiger partial charge in [0.1, 0.15) is 17.3 Å². The molecule has 180 valence electrons. The smallest absolute Gasteiger partial charge is 0.408 e. The van der Waals surface area contributed by atoms with Gasteiger partial charge in [-0.1, -0.05) is 6.07 Å². The summed E-state index contributed by atoms with van der Waals surface area (Å²) >= 11 is 0. The molecule has 2 aromatic carbocycles. The minimum Gasteiger partial charge on any atom is -0.465 e. The van der Waals surface area contributed by atoms with Crippen molar-refractivity contribution in [2.75, 3.05) is 6.61 Å². The first-order chi connectivity index (χ1) is 16.9. The van der Waals surface area contributed by atoms with Crippen LogP contribution in [0.15, 0.2) is 36.4 Å². The van der Waals surface area contributed by atoms with Gasteiger partial charge in [-0.3, -0.25) is 4.90 Å². The number of nitrogens with one attached hydrogen (secondary N) is 1. The number of amides is 1. The van der Waals surface area contributed by atoms with E-state index in [4.69, 9.17) is 9.84 Å². The predicted octanol–water partition coefficient (Wildman–Crippen LogP) is 4.99.